The monoisotopic (exact) mass is 323 g/mol. The molecule has 22 heavy (non-hydrogen) atoms. The minimum atomic E-state index is -0.463. The Morgan fingerprint density at radius 3 is 2.59 bits per heavy atom. The Morgan fingerprint density at radius 2 is 2.00 bits per heavy atom. The summed E-state index contributed by atoms with van der Waals surface area (Å²) in [5.74, 6) is -0.0435. The van der Waals surface area contributed by atoms with E-state index in [1.165, 1.54) is 18.3 Å². The highest BCUT2D eigenvalue weighted by atomic mass is 32.1. The van der Waals surface area contributed by atoms with Gasteiger partial charge in [0.05, 0.1) is 21.5 Å². The number of likely N-dealkylation sites (tertiary alicyclic amines) is 1. The van der Waals surface area contributed by atoms with E-state index in [0.29, 0.717) is 42.3 Å². The number of ketones is 1. The lowest BCUT2D eigenvalue weighted by Gasteiger charge is -2.46. The summed E-state index contributed by atoms with van der Waals surface area (Å²) in [4.78, 5) is 26.9. The first-order valence-electron chi connectivity index (χ1n) is 7.74. The molecule has 0 saturated carbocycles. The molecule has 0 radical (unpaired) electrons. The fraction of sp³-hybridized carbons (Fsp3) is 0.625. The van der Waals surface area contributed by atoms with Crippen LogP contribution >= 0.6 is 11.3 Å². The Balaban J connectivity index is 1.65. The van der Waals surface area contributed by atoms with Crippen molar-refractivity contribution in [2.75, 3.05) is 19.7 Å². The van der Waals surface area contributed by atoms with Crippen LogP contribution in [0.4, 0.5) is 0 Å². The van der Waals surface area contributed by atoms with Gasteiger partial charge in [0, 0.05) is 19.7 Å². The molecule has 6 heteroatoms. The zero-order valence-electron chi connectivity index (χ0n) is 12.7. The molecular weight excluding hydrogens is 302 g/mol. The van der Waals surface area contributed by atoms with E-state index in [1.807, 2.05) is 0 Å². The van der Waals surface area contributed by atoms with Gasteiger partial charge in [0.1, 0.15) is 0 Å². The molecule has 1 aromatic rings. The van der Waals surface area contributed by atoms with Crippen molar-refractivity contribution in [3.05, 3.63) is 21.9 Å². The Bertz CT molecular complexity index is 574. The summed E-state index contributed by atoms with van der Waals surface area (Å²) < 4.78 is 5.86. The maximum absolute atomic E-state index is 12.5. The number of amides is 1. The van der Waals surface area contributed by atoms with E-state index in [1.54, 1.807) is 17.0 Å². The smallest absolute Gasteiger partial charge is 0.263 e. The molecule has 120 valence electrons. The van der Waals surface area contributed by atoms with Crippen molar-refractivity contribution in [3.8, 4) is 0 Å². The number of carbonyl (C=O) groups excluding carboxylic acids is 2. The van der Waals surface area contributed by atoms with Gasteiger partial charge in [-0.3, -0.25) is 9.59 Å². The Labute approximate surface area is 133 Å². The number of piperidine rings is 1. The molecule has 1 atom stereocenters. The number of nitrogens with zero attached hydrogens (tertiary/aromatic N) is 1. The second-order valence-electron chi connectivity index (χ2n) is 6.08. The first kappa shape index (κ1) is 15.6. The van der Waals surface area contributed by atoms with Crippen LogP contribution in [0.5, 0.6) is 0 Å². The van der Waals surface area contributed by atoms with Crippen molar-refractivity contribution in [2.24, 2.45) is 0 Å². The lowest BCUT2D eigenvalue weighted by atomic mass is 9.82. The summed E-state index contributed by atoms with van der Waals surface area (Å²) in [6.45, 7) is 3.37. The fourth-order valence-electron chi connectivity index (χ4n) is 3.28. The lowest BCUT2D eigenvalue weighted by Crippen LogP contribution is -2.56. The number of Topliss-reactive ketones (excluding diaryl/α,β-unsaturated/α-hetero) is 1. The van der Waals surface area contributed by atoms with Crippen molar-refractivity contribution >= 4 is 23.0 Å². The highest BCUT2D eigenvalue weighted by Crippen LogP contribution is 2.35. The molecule has 1 spiro atoms. The predicted molar refractivity (Wildman–Crippen MR) is 83.4 cm³/mol. The van der Waals surface area contributed by atoms with E-state index >= 15 is 0 Å². The van der Waals surface area contributed by atoms with E-state index in [0.717, 1.165) is 12.8 Å². The molecule has 2 aliphatic heterocycles. The van der Waals surface area contributed by atoms with Gasteiger partial charge in [0.15, 0.2) is 5.78 Å². The molecular formula is C16H21NO4S. The highest BCUT2D eigenvalue weighted by molar-refractivity contribution is 7.15. The van der Waals surface area contributed by atoms with Gasteiger partial charge in [-0.1, -0.05) is 0 Å². The second kappa shape index (κ2) is 6.10. The van der Waals surface area contributed by atoms with Crippen LogP contribution in [0, 0.1) is 0 Å². The number of aliphatic hydroxyl groups is 1. The number of rotatable bonds is 2. The third-order valence-electron chi connectivity index (χ3n) is 4.68. The van der Waals surface area contributed by atoms with Crippen LogP contribution < -0.4 is 0 Å². The van der Waals surface area contributed by atoms with Gasteiger partial charge in [0.2, 0.25) is 0 Å². The van der Waals surface area contributed by atoms with Crippen molar-refractivity contribution in [1.29, 1.82) is 0 Å². The van der Waals surface area contributed by atoms with Crippen LogP contribution in [0.3, 0.4) is 0 Å². The van der Waals surface area contributed by atoms with Crippen LogP contribution in [0.25, 0.3) is 0 Å². The van der Waals surface area contributed by atoms with E-state index in [9.17, 15) is 14.7 Å². The van der Waals surface area contributed by atoms with Gasteiger partial charge in [-0.2, -0.15) is 0 Å². The summed E-state index contributed by atoms with van der Waals surface area (Å²) in [5.41, 5.74) is -0.463. The van der Waals surface area contributed by atoms with E-state index in [2.05, 4.69) is 0 Å². The zero-order chi connectivity index (χ0) is 15.7. The summed E-state index contributed by atoms with van der Waals surface area (Å²) in [6, 6.07) is 3.43. The molecule has 1 aromatic heterocycles. The zero-order valence-corrected chi connectivity index (χ0v) is 13.5. The molecule has 3 heterocycles. The molecule has 2 fully saturated rings. The third kappa shape index (κ3) is 2.83. The molecule has 5 nitrogen and oxygen atoms in total. The molecule has 0 aromatic carbocycles. The lowest BCUT2D eigenvalue weighted by molar-refractivity contribution is -0.174. The minimum absolute atomic E-state index is 0.0135. The van der Waals surface area contributed by atoms with Crippen LogP contribution in [-0.4, -0.2) is 53.1 Å². The molecule has 3 rings (SSSR count). The molecule has 2 aliphatic rings. The van der Waals surface area contributed by atoms with Crippen molar-refractivity contribution < 1.29 is 19.4 Å². The van der Waals surface area contributed by atoms with E-state index < -0.39 is 11.7 Å². The van der Waals surface area contributed by atoms with Gasteiger partial charge in [-0.25, -0.2) is 0 Å². The number of hydrogen-bond acceptors (Lipinski definition) is 5. The van der Waals surface area contributed by atoms with E-state index in [-0.39, 0.29) is 11.7 Å². The number of hydrogen-bond donors (Lipinski definition) is 1. The first-order chi connectivity index (χ1) is 10.5. The SMILES string of the molecule is CC(=O)c1ccc(C(=O)N2CCC3(CC2)OCCCC3O)s1. The third-order valence-corrected chi connectivity index (χ3v) is 5.85. The van der Waals surface area contributed by atoms with Crippen molar-refractivity contribution in [2.45, 2.75) is 44.3 Å². The molecule has 2 saturated heterocycles. The van der Waals surface area contributed by atoms with Gasteiger partial charge in [-0.15, -0.1) is 11.3 Å². The number of aliphatic hydroxyl groups excluding tert-OH is 1. The number of ether oxygens (including phenoxy) is 1. The Morgan fingerprint density at radius 1 is 1.32 bits per heavy atom. The van der Waals surface area contributed by atoms with E-state index in [4.69, 9.17) is 4.74 Å². The highest BCUT2D eigenvalue weighted by Gasteiger charge is 2.44. The molecule has 1 unspecified atom stereocenters. The largest absolute Gasteiger partial charge is 0.390 e. The number of thiophene rings is 1. The quantitative estimate of drug-likeness (QED) is 0.847. The molecule has 1 N–H and O–H groups in total. The normalized spacial score (nSPS) is 24.5. The standard InChI is InChI=1S/C16H21NO4S/c1-11(18)12-4-5-13(22-12)15(20)17-8-6-16(7-9-17)14(19)3-2-10-21-16/h4-5,14,19H,2-3,6-10H2,1H3. The van der Waals surface area contributed by atoms with Crippen LogP contribution in [0.15, 0.2) is 12.1 Å². The van der Waals surface area contributed by atoms with Gasteiger partial charge < -0.3 is 14.7 Å². The van der Waals surface area contributed by atoms with Crippen molar-refractivity contribution in [1.82, 2.24) is 4.90 Å². The summed E-state index contributed by atoms with van der Waals surface area (Å²) in [7, 11) is 0. The van der Waals surface area contributed by atoms with Crippen molar-refractivity contribution in [3.63, 3.8) is 0 Å². The van der Waals surface area contributed by atoms with Crippen LogP contribution in [-0.2, 0) is 4.74 Å². The summed E-state index contributed by atoms with van der Waals surface area (Å²) in [6.07, 6.45) is 2.59. The maximum atomic E-state index is 12.5. The molecule has 1 amide bonds. The maximum Gasteiger partial charge on any atom is 0.263 e. The Kier molecular flexibility index (Phi) is 4.34. The minimum Gasteiger partial charge on any atom is -0.390 e. The first-order valence-corrected chi connectivity index (χ1v) is 8.55. The average Bonchev–Trinajstić information content (AvgIpc) is 3.01. The summed E-state index contributed by atoms with van der Waals surface area (Å²) >= 11 is 1.25. The Hall–Kier alpha value is -1.24. The second-order valence-corrected chi connectivity index (χ2v) is 7.17. The van der Waals surface area contributed by atoms with Gasteiger partial charge >= 0.3 is 0 Å². The topological polar surface area (TPSA) is 66.8 Å². The van der Waals surface area contributed by atoms with Gasteiger partial charge in [-0.05, 0) is 44.7 Å². The van der Waals surface area contributed by atoms with Crippen LogP contribution in [0.2, 0.25) is 0 Å². The fourth-order valence-corrected chi connectivity index (χ4v) is 4.14. The van der Waals surface area contributed by atoms with Gasteiger partial charge in [0.25, 0.3) is 5.91 Å². The molecule has 0 aliphatic carbocycles. The molecule has 0 bridgehead atoms. The van der Waals surface area contributed by atoms with Crippen LogP contribution in [0.1, 0.15) is 52.0 Å². The summed E-state index contributed by atoms with van der Waals surface area (Å²) in [5, 5.41) is 10.2. The predicted octanol–water partition coefficient (Wildman–Crippen LogP) is 2.10. The average molecular weight is 323 g/mol. The number of carbonyl (C=O) groups is 2.